The highest BCUT2D eigenvalue weighted by atomic mass is 16.5. The monoisotopic (exact) mass is 228 g/mol. The van der Waals surface area contributed by atoms with Gasteiger partial charge in [0.25, 0.3) is 0 Å². The van der Waals surface area contributed by atoms with E-state index in [1.807, 2.05) is 18.2 Å². The minimum Gasteiger partial charge on any atom is -0.497 e. The zero-order chi connectivity index (χ0) is 12.3. The fourth-order valence-corrected chi connectivity index (χ4v) is 2.19. The predicted molar refractivity (Wildman–Crippen MR) is 61.5 cm³/mol. The number of hydrogen-bond donors (Lipinski definition) is 0. The number of aliphatic imine (C=N–C) groups is 1. The highest BCUT2D eigenvalue weighted by Gasteiger charge is 2.34. The van der Waals surface area contributed by atoms with Crippen LogP contribution < -0.4 is 4.74 Å². The third-order valence-electron chi connectivity index (χ3n) is 3.17. The summed E-state index contributed by atoms with van der Waals surface area (Å²) in [4.78, 5) is 14.1. The molecule has 0 amide bonds. The lowest BCUT2D eigenvalue weighted by Crippen LogP contribution is -2.32. The first-order valence-electron chi connectivity index (χ1n) is 5.39. The van der Waals surface area contributed by atoms with Gasteiger partial charge in [0, 0.05) is 6.42 Å². The second kappa shape index (κ2) is 4.40. The van der Waals surface area contributed by atoms with Crippen LogP contribution in [0.2, 0.25) is 0 Å². The van der Waals surface area contributed by atoms with Gasteiger partial charge in [-0.15, -0.1) is 0 Å². The van der Waals surface area contributed by atoms with E-state index in [2.05, 4.69) is 11.1 Å². The van der Waals surface area contributed by atoms with Gasteiger partial charge < -0.3 is 4.74 Å². The Morgan fingerprint density at radius 3 is 2.94 bits per heavy atom. The molecule has 0 saturated heterocycles. The van der Waals surface area contributed by atoms with Crippen LogP contribution in [0.3, 0.4) is 0 Å². The third-order valence-corrected chi connectivity index (χ3v) is 3.17. The molecule has 0 bridgehead atoms. The molecule has 1 aliphatic carbocycles. The van der Waals surface area contributed by atoms with Crippen LogP contribution in [0.25, 0.3) is 0 Å². The summed E-state index contributed by atoms with van der Waals surface area (Å²) in [6.45, 7) is 0. The molecule has 1 atom stereocenters. The van der Waals surface area contributed by atoms with Gasteiger partial charge in [0.2, 0.25) is 6.08 Å². The molecule has 1 aromatic rings. The average molecular weight is 228 g/mol. The molecular weight excluding hydrogens is 216 g/mol. The van der Waals surface area contributed by atoms with Crippen molar-refractivity contribution in [2.45, 2.75) is 24.8 Å². The zero-order valence-electron chi connectivity index (χ0n) is 9.56. The largest absolute Gasteiger partial charge is 0.497 e. The lowest BCUT2D eigenvalue weighted by atomic mass is 9.79. The number of benzene rings is 1. The van der Waals surface area contributed by atoms with Crippen molar-refractivity contribution in [3.63, 3.8) is 0 Å². The van der Waals surface area contributed by atoms with Crippen LogP contribution in [0.4, 0.5) is 0 Å². The third kappa shape index (κ3) is 2.06. The van der Waals surface area contributed by atoms with Gasteiger partial charge in [0.05, 0.1) is 13.2 Å². The fourth-order valence-electron chi connectivity index (χ4n) is 2.19. The smallest absolute Gasteiger partial charge is 0.236 e. The molecule has 0 spiro atoms. The van der Waals surface area contributed by atoms with E-state index in [-0.39, 0.29) is 0 Å². The first kappa shape index (κ1) is 11.4. The van der Waals surface area contributed by atoms with Crippen molar-refractivity contribution < 1.29 is 9.53 Å². The number of nitrogens with zero attached hydrogens (tertiary/aromatic N) is 2. The Kier molecular flexibility index (Phi) is 2.95. The topological polar surface area (TPSA) is 62.4 Å². The second-order valence-corrected chi connectivity index (χ2v) is 4.16. The van der Waals surface area contributed by atoms with E-state index < -0.39 is 5.54 Å². The Labute approximate surface area is 99.5 Å². The molecule has 4 heteroatoms. The molecule has 0 heterocycles. The van der Waals surface area contributed by atoms with Gasteiger partial charge in [-0.2, -0.15) is 10.3 Å². The van der Waals surface area contributed by atoms with E-state index in [1.54, 1.807) is 7.11 Å². The molecule has 1 aromatic carbocycles. The number of aryl methyl sites for hydroxylation is 1. The van der Waals surface area contributed by atoms with E-state index in [9.17, 15) is 10.1 Å². The number of carbonyl (C=O) groups excluding carboxylic acids is 1. The maximum atomic E-state index is 10.4. The normalized spacial score (nSPS) is 21.9. The highest BCUT2D eigenvalue weighted by molar-refractivity contribution is 5.43. The van der Waals surface area contributed by atoms with Gasteiger partial charge in [0.1, 0.15) is 5.75 Å². The summed E-state index contributed by atoms with van der Waals surface area (Å²) in [7, 11) is 1.60. The number of ether oxygens (including phenoxy) is 1. The number of methoxy groups -OCH3 is 1. The quantitative estimate of drug-likeness (QED) is 0.572. The summed E-state index contributed by atoms with van der Waals surface area (Å²) >= 11 is 0. The second-order valence-electron chi connectivity index (χ2n) is 4.16. The molecule has 1 aliphatic rings. The molecule has 2 rings (SSSR count). The molecule has 0 fully saturated rings. The number of fused-ring (bicyclic) bond motifs is 1. The molecule has 1 unspecified atom stereocenters. The van der Waals surface area contributed by atoms with Gasteiger partial charge in [-0.1, -0.05) is 6.07 Å². The Morgan fingerprint density at radius 2 is 2.29 bits per heavy atom. The SMILES string of the molecule is COc1ccc2c(c1)CC(C#N)(N=C=O)CC2. The van der Waals surface area contributed by atoms with Gasteiger partial charge >= 0.3 is 0 Å². The van der Waals surface area contributed by atoms with Crippen molar-refractivity contribution in [2.24, 2.45) is 4.99 Å². The maximum Gasteiger partial charge on any atom is 0.236 e. The molecule has 17 heavy (non-hydrogen) atoms. The minimum absolute atomic E-state index is 0.450. The van der Waals surface area contributed by atoms with E-state index in [4.69, 9.17) is 4.74 Å². The van der Waals surface area contributed by atoms with Crippen LogP contribution in [-0.2, 0) is 17.6 Å². The molecule has 0 aromatic heterocycles. The van der Waals surface area contributed by atoms with E-state index in [1.165, 1.54) is 11.6 Å². The summed E-state index contributed by atoms with van der Waals surface area (Å²) in [5.74, 6) is 0.757. The van der Waals surface area contributed by atoms with Gasteiger partial charge in [-0.25, -0.2) is 4.79 Å². The number of hydrogen-bond acceptors (Lipinski definition) is 4. The van der Waals surface area contributed by atoms with E-state index in [0.29, 0.717) is 12.8 Å². The van der Waals surface area contributed by atoms with Crippen molar-refractivity contribution in [2.75, 3.05) is 7.11 Å². The standard InChI is InChI=1S/C13H12N2O2/c1-17-12-3-2-10-4-5-13(8-14,15-9-16)7-11(10)6-12/h2-3,6H,4-5,7H2,1H3. The lowest BCUT2D eigenvalue weighted by molar-refractivity contribution is 0.411. The highest BCUT2D eigenvalue weighted by Crippen LogP contribution is 2.33. The summed E-state index contributed by atoms with van der Waals surface area (Å²) in [5.41, 5.74) is 1.27. The van der Waals surface area contributed by atoms with Crippen molar-refractivity contribution in [3.8, 4) is 11.8 Å². The van der Waals surface area contributed by atoms with E-state index in [0.717, 1.165) is 17.7 Å². The van der Waals surface area contributed by atoms with Crippen molar-refractivity contribution >= 4 is 6.08 Å². The van der Waals surface area contributed by atoms with Crippen LogP contribution in [0.1, 0.15) is 17.5 Å². The molecule has 0 aliphatic heterocycles. The molecule has 0 saturated carbocycles. The van der Waals surface area contributed by atoms with Crippen LogP contribution in [-0.4, -0.2) is 18.7 Å². The zero-order valence-corrected chi connectivity index (χ0v) is 9.56. The summed E-state index contributed by atoms with van der Waals surface area (Å²) in [5, 5.41) is 9.17. The van der Waals surface area contributed by atoms with Crippen LogP contribution >= 0.6 is 0 Å². The molecular formula is C13H12N2O2. The summed E-state index contributed by atoms with van der Waals surface area (Å²) in [6.07, 6.45) is 3.28. The van der Waals surface area contributed by atoms with Crippen molar-refractivity contribution in [1.82, 2.24) is 0 Å². The van der Waals surface area contributed by atoms with E-state index >= 15 is 0 Å². The number of rotatable bonds is 2. The Hall–Kier alpha value is -2.11. The predicted octanol–water partition coefficient (Wildman–Crippen LogP) is 1.78. The number of nitriles is 1. The number of isocyanates is 1. The Bertz CT molecular complexity index is 527. The Balaban J connectivity index is 2.40. The van der Waals surface area contributed by atoms with Crippen LogP contribution in [0.5, 0.6) is 5.75 Å². The van der Waals surface area contributed by atoms with Crippen molar-refractivity contribution in [1.29, 1.82) is 5.26 Å². The Morgan fingerprint density at radius 1 is 1.47 bits per heavy atom. The van der Waals surface area contributed by atoms with Gasteiger partial charge in [-0.05, 0) is 36.1 Å². The summed E-state index contributed by atoms with van der Waals surface area (Å²) < 4.78 is 5.15. The molecule has 86 valence electrons. The minimum atomic E-state index is -0.943. The fraction of sp³-hybridized carbons (Fsp3) is 0.385. The van der Waals surface area contributed by atoms with Crippen molar-refractivity contribution in [3.05, 3.63) is 29.3 Å². The molecule has 4 nitrogen and oxygen atoms in total. The first-order valence-corrected chi connectivity index (χ1v) is 5.39. The maximum absolute atomic E-state index is 10.4. The molecule has 0 N–H and O–H groups in total. The molecule has 0 radical (unpaired) electrons. The van der Waals surface area contributed by atoms with Gasteiger partial charge in [-0.3, -0.25) is 0 Å². The first-order chi connectivity index (χ1) is 8.23. The average Bonchev–Trinajstić information content (AvgIpc) is 2.38. The summed E-state index contributed by atoms with van der Waals surface area (Å²) in [6, 6.07) is 7.93. The lowest BCUT2D eigenvalue weighted by Gasteiger charge is -2.27. The van der Waals surface area contributed by atoms with Crippen LogP contribution in [0.15, 0.2) is 23.2 Å². The van der Waals surface area contributed by atoms with Gasteiger partial charge in [0.15, 0.2) is 5.54 Å². The van der Waals surface area contributed by atoms with Crippen LogP contribution in [0, 0.1) is 11.3 Å².